The van der Waals surface area contributed by atoms with Gasteiger partial charge in [-0.25, -0.2) is 4.98 Å². The summed E-state index contributed by atoms with van der Waals surface area (Å²) >= 11 is 0. The first-order valence-corrected chi connectivity index (χ1v) is 8.43. The molecule has 0 amide bonds. The van der Waals surface area contributed by atoms with Gasteiger partial charge in [0.15, 0.2) is 0 Å². The van der Waals surface area contributed by atoms with E-state index in [4.69, 9.17) is 4.98 Å². The molecular formula is C18H26N4. The van der Waals surface area contributed by atoms with Crippen molar-refractivity contribution in [2.45, 2.75) is 51.7 Å². The molecule has 1 aromatic carbocycles. The summed E-state index contributed by atoms with van der Waals surface area (Å²) in [5.74, 6) is 0. The van der Waals surface area contributed by atoms with Crippen molar-refractivity contribution < 1.29 is 0 Å². The third-order valence-corrected chi connectivity index (χ3v) is 4.90. The highest BCUT2D eigenvalue weighted by Gasteiger charge is 2.30. The van der Waals surface area contributed by atoms with Crippen LogP contribution in [0.4, 0.5) is 0 Å². The zero-order valence-electron chi connectivity index (χ0n) is 13.8. The van der Waals surface area contributed by atoms with Gasteiger partial charge in [0.05, 0.1) is 29.0 Å². The Labute approximate surface area is 133 Å². The van der Waals surface area contributed by atoms with Crippen molar-refractivity contribution >= 4 is 11.0 Å². The quantitative estimate of drug-likeness (QED) is 0.941. The van der Waals surface area contributed by atoms with Crippen molar-refractivity contribution in [3.05, 3.63) is 36.2 Å². The van der Waals surface area contributed by atoms with Crippen LogP contribution in [0.15, 0.2) is 30.5 Å². The number of para-hydroxylation sites is 2. The summed E-state index contributed by atoms with van der Waals surface area (Å²) in [6.45, 7) is 8.94. The van der Waals surface area contributed by atoms with Crippen molar-refractivity contribution in [2.24, 2.45) is 0 Å². The molecule has 1 aliphatic heterocycles. The number of hydrogen-bond acceptors (Lipinski definition) is 4. The molecule has 2 aromatic rings. The number of hydrogen-bond donors (Lipinski definition) is 1. The zero-order chi connectivity index (χ0) is 15.5. The molecule has 1 saturated heterocycles. The number of fused-ring (bicyclic) bond motifs is 1. The van der Waals surface area contributed by atoms with E-state index in [0.717, 1.165) is 36.2 Å². The molecule has 2 heterocycles. The predicted octanol–water partition coefficient (Wildman–Crippen LogP) is 3.15. The van der Waals surface area contributed by atoms with Crippen molar-refractivity contribution in [1.29, 1.82) is 0 Å². The zero-order valence-corrected chi connectivity index (χ0v) is 13.8. The van der Waals surface area contributed by atoms with Crippen LogP contribution in [0.2, 0.25) is 0 Å². The van der Waals surface area contributed by atoms with E-state index in [-0.39, 0.29) is 0 Å². The number of nitrogens with one attached hydrogen (secondary N) is 1. The van der Waals surface area contributed by atoms with Gasteiger partial charge in [0.2, 0.25) is 0 Å². The fraction of sp³-hybridized carbons (Fsp3) is 0.556. The normalized spacial score (nSPS) is 24.5. The van der Waals surface area contributed by atoms with Crippen LogP contribution >= 0.6 is 0 Å². The van der Waals surface area contributed by atoms with Gasteiger partial charge in [0.1, 0.15) is 0 Å². The molecule has 4 nitrogen and oxygen atoms in total. The van der Waals surface area contributed by atoms with Crippen LogP contribution in [0.5, 0.6) is 0 Å². The molecule has 0 radical (unpaired) electrons. The first kappa shape index (κ1) is 15.4. The van der Waals surface area contributed by atoms with E-state index in [1.54, 1.807) is 0 Å². The molecule has 0 aliphatic carbocycles. The lowest BCUT2D eigenvalue weighted by Crippen LogP contribution is -2.56. The van der Waals surface area contributed by atoms with Crippen LogP contribution in [-0.4, -0.2) is 40.0 Å². The van der Waals surface area contributed by atoms with E-state index < -0.39 is 0 Å². The Balaban J connectivity index is 1.87. The topological polar surface area (TPSA) is 41.1 Å². The molecular weight excluding hydrogens is 272 g/mol. The molecule has 0 bridgehead atoms. The Morgan fingerprint density at radius 2 is 2.00 bits per heavy atom. The molecule has 3 rings (SSSR count). The summed E-state index contributed by atoms with van der Waals surface area (Å²) in [4.78, 5) is 12.0. The Morgan fingerprint density at radius 1 is 1.23 bits per heavy atom. The van der Waals surface area contributed by atoms with Gasteiger partial charge in [0.25, 0.3) is 0 Å². The number of benzene rings is 1. The fourth-order valence-electron chi connectivity index (χ4n) is 3.36. The lowest BCUT2D eigenvalue weighted by molar-refractivity contribution is 0.0832. The van der Waals surface area contributed by atoms with Gasteiger partial charge in [0, 0.05) is 25.2 Å². The maximum atomic E-state index is 4.85. The molecule has 3 atom stereocenters. The monoisotopic (exact) mass is 298 g/mol. The van der Waals surface area contributed by atoms with Crippen LogP contribution in [0.3, 0.4) is 0 Å². The maximum Gasteiger partial charge on any atom is 0.0890 e. The average Bonchev–Trinajstić information content (AvgIpc) is 2.60. The summed E-state index contributed by atoms with van der Waals surface area (Å²) in [5, 5.41) is 3.66. The van der Waals surface area contributed by atoms with Gasteiger partial charge >= 0.3 is 0 Å². The minimum Gasteiger partial charge on any atom is -0.311 e. The Bertz CT molecular complexity index is 627. The van der Waals surface area contributed by atoms with Gasteiger partial charge < -0.3 is 5.32 Å². The lowest BCUT2D eigenvalue weighted by atomic mass is 10.0. The second kappa shape index (κ2) is 6.71. The minimum atomic E-state index is 0.304. The van der Waals surface area contributed by atoms with Crippen LogP contribution in [0.25, 0.3) is 11.0 Å². The SMILES string of the molecule is CC[C@H]1CN(C(C)c2cnc3ccccc3n2)[C@H](CC)CN1. The molecule has 1 fully saturated rings. The first-order valence-electron chi connectivity index (χ1n) is 8.43. The van der Waals surface area contributed by atoms with Crippen LogP contribution in [0, 0.1) is 0 Å². The highest BCUT2D eigenvalue weighted by atomic mass is 15.3. The number of piperazine rings is 1. The molecule has 1 aliphatic rings. The number of rotatable bonds is 4. The molecule has 118 valence electrons. The predicted molar refractivity (Wildman–Crippen MR) is 90.8 cm³/mol. The molecule has 1 aromatic heterocycles. The van der Waals surface area contributed by atoms with Crippen LogP contribution in [-0.2, 0) is 0 Å². The van der Waals surface area contributed by atoms with Gasteiger partial charge in [-0.15, -0.1) is 0 Å². The second-order valence-corrected chi connectivity index (χ2v) is 6.23. The van der Waals surface area contributed by atoms with Crippen molar-refractivity contribution in [1.82, 2.24) is 20.2 Å². The molecule has 4 heteroatoms. The van der Waals surface area contributed by atoms with E-state index in [0.29, 0.717) is 18.1 Å². The Kier molecular flexibility index (Phi) is 4.69. The minimum absolute atomic E-state index is 0.304. The highest BCUT2D eigenvalue weighted by molar-refractivity contribution is 5.73. The van der Waals surface area contributed by atoms with E-state index in [1.807, 2.05) is 30.5 Å². The third kappa shape index (κ3) is 2.99. The number of nitrogens with zero attached hydrogens (tertiary/aromatic N) is 3. The summed E-state index contributed by atoms with van der Waals surface area (Å²) < 4.78 is 0. The first-order chi connectivity index (χ1) is 10.7. The Hall–Kier alpha value is -1.52. The summed E-state index contributed by atoms with van der Waals surface area (Å²) in [6, 6.07) is 9.56. The molecule has 22 heavy (non-hydrogen) atoms. The van der Waals surface area contributed by atoms with Gasteiger partial charge in [-0.3, -0.25) is 9.88 Å². The van der Waals surface area contributed by atoms with E-state index in [9.17, 15) is 0 Å². The van der Waals surface area contributed by atoms with Crippen molar-refractivity contribution in [3.8, 4) is 0 Å². The Morgan fingerprint density at radius 3 is 2.73 bits per heavy atom. The summed E-state index contributed by atoms with van der Waals surface area (Å²) in [7, 11) is 0. The smallest absolute Gasteiger partial charge is 0.0890 e. The fourth-order valence-corrected chi connectivity index (χ4v) is 3.36. The maximum absolute atomic E-state index is 4.85. The van der Waals surface area contributed by atoms with Crippen LogP contribution < -0.4 is 5.32 Å². The highest BCUT2D eigenvalue weighted by Crippen LogP contribution is 2.25. The van der Waals surface area contributed by atoms with Crippen molar-refractivity contribution in [2.75, 3.05) is 13.1 Å². The molecule has 0 saturated carbocycles. The standard InChI is InChI=1S/C18H26N4/c1-4-14-12-22(15(5-2)10-19-14)13(3)18-11-20-16-8-6-7-9-17(16)21-18/h6-9,11,13-15,19H,4-5,10,12H2,1-3H3/t13?,14-,15+/m0/s1. The van der Waals surface area contributed by atoms with Crippen molar-refractivity contribution in [3.63, 3.8) is 0 Å². The lowest BCUT2D eigenvalue weighted by Gasteiger charge is -2.43. The summed E-state index contributed by atoms with van der Waals surface area (Å²) in [6.07, 6.45) is 4.28. The average molecular weight is 298 g/mol. The van der Waals surface area contributed by atoms with Gasteiger partial charge in [-0.2, -0.15) is 0 Å². The third-order valence-electron chi connectivity index (χ3n) is 4.90. The van der Waals surface area contributed by atoms with E-state index in [2.05, 4.69) is 36.0 Å². The van der Waals surface area contributed by atoms with Gasteiger partial charge in [-0.05, 0) is 31.9 Å². The van der Waals surface area contributed by atoms with E-state index >= 15 is 0 Å². The van der Waals surface area contributed by atoms with Gasteiger partial charge in [-0.1, -0.05) is 26.0 Å². The molecule has 1 N–H and O–H groups in total. The van der Waals surface area contributed by atoms with Crippen LogP contribution in [0.1, 0.15) is 45.3 Å². The van der Waals surface area contributed by atoms with E-state index in [1.165, 1.54) is 6.42 Å². The number of aromatic nitrogens is 2. The second-order valence-electron chi connectivity index (χ2n) is 6.23. The molecule has 0 spiro atoms. The summed E-state index contributed by atoms with van der Waals surface area (Å²) in [5.41, 5.74) is 3.04. The largest absolute Gasteiger partial charge is 0.311 e. The molecule has 1 unspecified atom stereocenters.